The lowest BCUT2D eigenvalue weighted by molar-refractivity contribution is 0.0697. The van der Waals surface area contributed by atoms with Gasteiger partial charge < -0.3 is 5.11 Å². The number of carbonyl (C=O) groups is 1. The molecule has 2 aromatic carbocycles. The fourth-order valence-corrected chi connectivity index (χ4v) is 1.58. The van der Waals surface area contributed by atoms with Crippen LogP contribution in [-0.4, -0.2) is 11.1 Å². The zero-order chi connectivity index (χ0) is 10.1. The molecule has 0 spiro atoms. The van der Waals surface area contributed by atoms with Crippen LogP contribution in [0.1, 0.15) is 15.9 Å². The summed E-state index contributed by atoms with van der Waals surface area (Å²) in [7, 11) is 0. The predicted molar refractivity (Wildman–Crippen MR) is 55.6 cm³/mol. The molecule has 0 unspecified atom stereocenters. The van der Waals surface area contributed by atoms with E-state index in [9.17, 15) is 4.79 Å². The van der Waals surface area contributed by atoms with Gasteiger partial charge in [0, 0.05) is 0 Å². The Morgan fingerprint density at radius 3 is 2.71 bits per heavy atom. The Bertz CT molecular complexity index is 501. The van der Waals surface area contributed by atoms with Crippen molar-refractivity contribution >= 4 is 16.7 Å². The predicted octanol–water partition coefficient (Wildman–Crippen LogP) is 2.85. The highest BCUT2D eigenvalue weighted by Crippen LogP contribution is 2.19. The lowest BCUT2D eigenvalue weighted by Gasteiger charge is -2.02. The first kappa shape index (κ1) is 8.75. The van der Waals surface area contributed by atoms with E-state index in [1.807, 2.05) is 31.2 Å². The molecule has 14 heavy (non-hydrogen) atoms. The first-order valence-corrected chi connectivity index (χ1v) is 4.41. The Kier molecular flexibility index (Phi) is 1.97. The Hall–Kier alpha value is -1.83. The van der Waals surface area contributed by atoms with E-state index >= 15 is 0 Å². The van der Waals surface area contributed by atoms with Crippen molar-refractivity contribution in [2.24, 2.45) is 0 Å². The van der Waals surface area contributed by atoms with Crippen LogP contribution in [0.3, 0.4) is 0 Å². The van der Waals surface area contributed by atoms with Gasteiger partial charge in [0.05, 0.1) is 5.56 Å². The molecule has 0 fully saturated rings. The van der Waals surface area contributed by atoms with Crippen LogP contribution in [0.5, 0.6) is 0 Å². The first-order chi connectivity index (χ1) is 6.68. The van der Waals surface area contributed by atoms with E-state index in [2.05, 4.69) is 0 Å². The molecule has 0 radical (unpaired) electrons. The van der Waals surface area contributed by atoms with Gasteiger partial charge in [-0.2, -0.15) is 0 Å². The third-order valence-corrected chi connectivity index (χ3v) is 2.35. The number of carboxylic acids is 1. The fourth-order valence-electron chi connectivity index (χ4n) is 1.58. The minimum Gasteiger partial charge on any atom is -0.478 e. The van der Waals surface area contributed by atoms with Gasteiger partial charge in [-0.1, -0.05) is 24.3 Å². The number of benzene rings is 2. The Labute approximate surface area is 81.8 Å². The second-order valence-corrected chi connectivity index (χ2v) is 3.32. The zero-order valence-electron chi connectivity index (χ0n) is 7.82. The molecule has 2 aromatic rings. The van der Waals surface area contributed by atoms with Crippen LogP contribution in [0.4, 0.5) is 0 Å². The molecule has 0 saturated carbocycles. The molecule has 2 nitrogen and oxygen atoms in total. The highest BCUT2D eigenvalue weighted by Gasteiger charge is 2.03. The minimum atomic E-state index is -0.881. The van der Waals surface area contributed by atoms with Crippen molar-refractivity contribution in [3.05, 3.63) is 47.5 Å². The topological polar surface area (TPSA) is 37.3 Å². The summed E-state index contributed by atoms with van der Waals surface area (Å²) in [5.74, 6) is -0.881. The number of hydrogen-bond donors (Lipinski definition) is 1. The molecule has 0 aliphatic rings. The molecule has 2 heteroatoms. The van der Waals surface area contributed by atoms with Crippen molar-refractivity contribution in [1.82, 2.24) is 0 Å². The van der Waals surface area contributed by atoms with Crippen molar-refractivity contribution in [2.75, 3.05) is 0 Å². The number of aromatic carboxylic acids is 1. The second kappa shape index (κ2) is 3.14. The van der Waals surface area contributed by atoms with Crippen LogP contribution >= 0.6 is 0 Å². The smallest absolute Gasteiger partial charge is 0.335 e. The number of rotatable bonds is 1. The molecule has 0 aliphatic heterocycles. The maximum Gasteiger partial charge on any atom is 0.335 e. The number of aryl methyl sites for hydroxylation is 1. The molecule has 0 aliphatic carbocycles. The van der Waals surface area contributed by atoms with Gasteiger partial charge >= 0.3 is 5.97 Å². The van der Waals surface area contributed by atoms with Crippen LogP contribution in [0.25, 0.3) is 10.8 Å². The highest BCUT2D eigenvalue weighted by molar-refractivity contribution is 5.95. The van der Waals surface area contributed by atoms with Crippen molar-refractivity contribution < 1.29 is 9.90 Å². The summed E-state index contributed by atoms with van der Waals surface area (Å²) in [6.07, 6.45) is 0. The quantitative estimate of drug-likeness (QED) is 0.743. The van der Waals surface area contributed by atoms with Crippen molar-refractivity contribution in [3.63, 3.8) is 0 Å². The van der Waals surface area contributed by atoms with E-state index in [4.69, 9.17) is 5.11 Å². The van der Waals surface area contributed by atoms with Gasteiger partial charge in [0.2, 0.25) is 0 Å². The fraction of sp³-hybridized carbons (Fsp3) is 0.0833. The number of hydrogen-bond acceptors (Lipinski definition) is 1. The van der Waals surface area contributed by atoms with Crippen LogP contribution in [0.2, 0.25) is 0 Å². The second-order valence-electron chi connectivity index (χ2n) is 3.32. The Morgan fingerprint density at radius 1 is 1.21 bits per heavy atom. The standard InChI is InChI=1S/C12H10O2/c1-8-3-2-4-9-7-10(12(13)14)5-6-11(8)9/h2-7H,1H3,(H,13,14). The summed E-state index contributed by atoms with van der Waals surface area (Å²) < 4.78 is 0. The van der Waals surface area contributed by atoms with Gasteiger partial charge in [0.15, 0.2) is 0 Å². The summed E-state index contributed by atoms with van der Waals surface area (Å²) in [5, 5.41) is 10.9. The molecule has 0 saturated heterocycles. The lowest BCUT2D eigenvalue weighted by Crippen LogP contribution is -1.95. The van der Waals surface area contributed by atoms with Crippen molar-refractivity contribution in [2.45, 2.75) is 6.92 Å². The molecule has 0 atom stereocenters. The SMILES string of the molecule is Cc1cccc2cc(C(=O)O)ccc12. The highest BCUT2D eigenvalue weighted by atomic mass is 16.4. The van der Waals surface area contributed by atoms with E-state index in [0.29, 0.717) is 5.56 Å². The molecular weight excluding hydrogens is 176 g/mol. The van der Waals surface area contributed by atoms with Gasteiger partial charge in [-0.25, -0.2) is 4.79 Å². The van der Waals surface area contributed by atoms with E-state index in [-0.39, 0.29) is 0 Å². The Morgan fingerprint density at radius 2 is 2.00 bits per heavy atom. The van der Waals surface area contributed by atoms with Gasteiger partial charge in [0.25, 0.3) is 0 Å². The molecule has 0 heterocycles. The number of fused-ring (bicyclic) bond motifs is 1. The van der Waals surface area contributed by atoms with Crippen LogP contribution < -0.4 is 0 Å². The maximum atomic E-state index is 10.7. The average Bonchev–Trinajstić information content (AvgIpc) is 2.17. The van der Waals surface area contributed by atoms with E-state index in [0.717, 1.165) is 10.8 Å². The van der Waals surface area contributed by atoms with E-state index < -0.39 is 5.97 Å². The third-order valence-electron chi connectivity index (χ3n) is 2.35. The van der Waals surface area contributed by atoms with Gasteiger partial charge in [-0.3, -0.25) is 0 Å². The lowest BCUT2D eigenvalue weighted by atomic mass is 10.0. The monoisotopic (exact) mass is 186 g/mol. The molecule has 1 N–H and O–H groups in total. The molecule has 2 rings (SSSR count). The summed E-state index contributed by atoms with van der Waals surface area (Å²) >= 11 is 0. The molecule has 0 amide bonds. The largest absolute Gasteiger partial charge is 0.478 e. The molecule has 70 valence electrons. The maximum absolute atomic E-state index is 10.7. The van der Waals surface area contributed by atoms with E-state index in [1.54, 1.807) is 12.1 Å². The zero-order valence-corrected chi connectivity index (χ0v) is 7.82. The van der Waals surface area contributed by atoms with Crippen LogP contribution in [0.15, 0.2) is 36.4 Å². The summed E-state index contributed by atoms with van der Waals surface area (Å²) in [6.45, 7) is 2.02. The third kappa shape index (κ3) is 1.35. The summed E-state index contributed by atoms with van der Waals surface area (Å²) in [5.41, 5.74) is 1.50. The van der Waals surface area contributed by atoms with Crippen molar-refractivity contribution in [3.8, 4) is 0 Å². The average molecular weight is 186 g/mol. The molecule has 0 bridgehead atoms. The van der Waals surface area contributed by atoms with Crippen LogP contribution in [-0.2, 0) is 0 Å². The van der Waals surface area contributed by atoms with Gasteiger partial charge in [-0.15, -0.1) is 0 Å². The molecule has 0 aromatic heterocycles. The van der Waals surface area contributed by atoms with Gasteiger partial charge in [-0.05, 0) is 35.4 Å². The summed E-state index contributed by atoms with van der Waals surface area (Å²) in [6, 6.07) is 11.1. The normalized spacial score (nSPS) is 10.4. The van der Waals surface area contributed by atoms with Crippen molar-refractivity contribution in [1.29, 1.82) is 0 Å². The van der Waals surface area contributed by atoms with Gasteiger partial charge in [0.1, 0.15) is 0 Å². The first-order valence-electron chi connectivity index (χ1n) is 4.41. The summed E-state index contributed by atoms with van der Waals surface area (Å²) in [4.78, 5) is 10.7. The Balaban J connectivity index is 2.73. The minimum absolute atomic E-state index is 0.336. The molecular formula is C12H10O2. The number of carboxylic acid groups (broad SMARTS) is 1. The van der Waals surface area contributed by atoms with E-state index in [1.165, 1.54) is 5.56 Å². The van der Waals surface area contributed by atoms with Crippen LogP contribution in [0, 0.1) is 6.92 Å².